The molecule has 0 aromatic carbocycles. The molecule has 9 heteroatoms. The van der Waals surface area contributed by atoms with E-state index in [1.54, 1.807) is 6.20 Å². The lowest BCUT2D eigenvalue weighted by atomic mass is 9.53. The molecule has 2 aromatic rings. The molecule has 0 aliphatic heterocycles. The predicted octanol–water partition coefficient (Wildman–Crippen LogP) is 4.30. The van der Waals surface area contributed by atoms with Gasteiger partial charge < -0.3 is 0 Å². The van der Waals surface area contributed by atoms with Gasteiger partial charge in [-0.25, -0.2) is 0 Å². The summed E-state index contributed by atoms with van der Waals surface area (Å²) < 4.78 is 1.95. The Kier molecular flexibility index (Phi) is 3.58. The van der Waals surface area contributed by atoms with Gasteiger partial charge in [-0.1, -0.05) is 0 Å². The van der Waals surface area contributed by atoms with Crippen molar-refractivity contribution in [3.8, 4) is 11.5 Å². The van der Waals surface area contributed by atoms with Crippen LogP contribution in [0.2, 0.25) is 0 Å². The first-order valence-corrected chi connectivity index (χ1v) is 13.0. The van der Waals surface area contributed by atoms with Gasteiger partial charge in [-0.2, -0.15) is 9.90 Å². The molecular weight excluding hydrogens is 418 g/mol. The monoisotopic (exact) mass is 449 g/mol. The van der Waals surface area contributed by atoms with Crippen molar-refractivity contribution < 1.29 is 4.92 Å². The summed E-state index contributed by atoms with van der Waals surface area (Å²) in [5.41, 5.74) is 0.216. The Morgan fingerprint density at radius 2 is 1.27 bits per heavy atom. The van der Waals surface area contributed by atoms with Gasteiger partial charge >= 0.3 is 5.69 Å². The van der Waals surface area contributed by atoms with Gasteiger partial charge in [0, 0.05) is 0 Å². The Bertz CT molecular complexity index is 1080. The van der Waals surface area contributed by atoms with E-state index in [4.69, 9.17) is 10.2 Å². The van der Waals surface area contributed by atoms with Gasteiger partial charge in [-0.15, -0.1) is 10.2 Å². The molecule has 8 saturated carbocycles. The summed E-state index contributed by atoms with van der Waals surface area (Å²) >= 11 is 0. The highest BCUT2D eigenvalue weighted by molar-refractivity contribution is 5.61. The number of nitro groups is 1. The van der Waals surface area contributed by atoms with E-state index in [1.165, 1.54) is 38.5 Å². The Hall–Kier alpha value is -2.32. The van der Waals surface area contributed by atoms with Crippen LogP contribution in [0.4, 0.5) is 5.69 Å². The molecule has 8 fully saturated rings. The zero-order valence-electron chi connectivity index (χ0n) is 19.0. The average molecular weight is 450 g/mol. The third kappa shape index (κ3) is 2.65. The fourth-order valence-electron chi connectivity index (χ4n) is 10.1. The molecule has 174 valence electrons. The van der Waals surface area contributed by atoms with E-state index in [-0.39, 0.29) is 21.7 Å². The highest BCUT2D eigenvalue weighted by Gasteiger charge is 2.55. The Balaban J connectivity index is 1.17. The molecule has 0 radical (unpaired) electrons. The summed E-state index contributed by atoms with van der Waals surface area (Å²) in [5, 5.41) is 30.5. The molecule has 2 aromatic heterocycles. The first-order valence-electron chi connectivity index (χ1n) is 13.0. The number of hydrogen-bond donors (Lipinski definition) is 0. The topological polar surface area (TPSA) is 105 Å². The largest absolute Gasteiger partial charge is 0.318 e. The van der Waals surface area contributed by atoms with Gasteiger partial charge in [-0.3, -0.25) is 14.8 Å². The SMILES string of the molecule is O=[N+]([O-])c1cn(C23CC4CC(CC(C4)C2)C3)nc1-c1nnn(C23CC4CC(CC(C4)C2)C3)n1. The number of hydrogen-bond acceptors (Lipinski definition) is 6. The van der Waals surface area contributed by atoms with Gasteiger partial charge in [0.05, 0.1) is 16.0 Å². The fraction of sp³-hybridized carbons (Fsp3) is 0.833. The van der Waals surface area contributed by atoms with Crippen molar-refractivity contribution in [3.05, 3.63) is 16.3 Å². The van der Waals surface area contributed by atoms with Crippen molar-refractivity contribution in [2.45, 2.75) is 88.1 Å². The molecule has 0 saturated heterocycles. The molecule has 33 heavy (non-hydrogen) atoms. The Morgan fingerprint density at radius 1 is 0.788 bits per heavy atom. The van der Waals surface area contributed by atoms with Crippen LogP contribution in [0.5, 0.6) is 0 Å². The smallest absolute Gasteiger partial charge is 0.259 e. The molecule has 10 rings (SSSR count). The van der Waals surface area contributed by atoms with Crippen molar-refractivity contribution >= 4 is 5.69 Å². The van der Waals surface area contributed by atoms with E-state index in [9.17, 15) is 10.1 Å². The molecule has 0 amide bonds. The minimum Gasteiger partial charge on any atom is -0.259 e. The lowest BCUT2D eigenvalue weighted by Crippen LogP contribution is -2.52. The molecule has 0 unspecified atom stereocenters. The van der Waals surface area contributed by atoms with Crippen LogP contribution in [-0.4, -0.2) is 34.9 Å². The van der Waals surface area contributed by atoms with Crippen LogP contribution in [-0.2, 0) is 11.1 Å². The first-order chi connectivity index (χ1) is 16.0. The maximum absolute atomic E-state index is 12.0. The molecule has 8 bridgehead atoms. The highest BCUT2D eigenvalue weighted by Crippen LogP contribution is 2.60. The van der Waals surface area contributed by atoms with E-state index in [0.29, 0.717) is 11.5 Å². The van der Waals surface area contributed by atoms with Gasteiger partial charge in [0.2, 0.25) is 11.5 Å². The lowest BCUT2D eigenvalue weighted by Gasteiger charge is -2.56. The van der Waals surface area contributed by atoms with Crippen LogP contribution >= 0.6 is 0 Å². The Morgan fingerprint density at radius 3 is 1.76 bits per heavy atom. The summed E-state index contributed by atoms with van der Waals surface area (Å²) in [6.07, 6.45) is 16.4. The third-order valence-corrected chi connectivity index (χ3v) is 10.4. The molecule has 8 aliphatic rings. The normalized spacial score (nSPS) is 44.6. The second-order valence-electron chi connectivity index (χ2n) is 12.8. The maximum Gasteiger partial charge on any atom is 0.318 e. The van der Waals surface area contributed by atoms with Crippen molar-refractivity contribution in [3.63, 3.8) is 0 Å². The van der Waals surface area contributed by atoms with Crippen LogP contribution in [0.3, 0.4) is 0 Å². The standard InChI is InChI=1S/C24H31N7O2/c32-30(33)20-13-29(23-7-14-1-15(8-23)3-16(2-14)9-23)26-21(20)22-25-28-31(27-22)24-10-17-4-18(11-24)6-19(5-17)12-24/h13-19H,1-12H2. The van der Waals surface area contributed by atoms with E-state index in [0.717, 1.165) is 74.0 Å². The van der Waals surface area contributed by atoms with Crippen LogP contribution in [0.15, 0.2) is 6.20 Å². The number of tetrazole rings is 1. The molecule has 9 nitrogen and oxygen atoms in total. The van der Waals surface area contributed by atoms with E-state index in [1.807, 2.05) is 9.48 Å². The second kappa shape index (κ2) is 6.21. The summed E-state index contributed by atoms with van der Waals surface area (Å²) in [5.74, 6) is 4.89. The summed E-state index contributed by atoms with van der Waals surface area (Å²) in [7, 11) is 0. The van der Waals surface area contributed by atoms with Gasteiger partial charge in [0.15, 0.2) is 0 Å². The summed E-state index contributed by atoms with van der Waals surface area (Å²) in [6.45, 7) is 0. The second-order valence-corrected chi connectivity index (χ2v) is 12.8. The van der Waals surface area contributed by atoms with Crippen LogP contribution < -0.4 is 0 Å². The van der Waals surface area contributed by atoms with Crippen molar-refractivity contribution in [2.24, 2.45) is 35.5 Å². The van der Waals surface area contributed by atoms with Crippen LogP contribution in [0.25, 0.3) is 11.5 Å². The number of nitrogens with zero attached hydrogens (tertiary/aromatic N) is 7. The van der Waals surface area contributed by atoms with Crippen molar-refractivity contribution in [2.75, 3.05) is 0 Å². The molecule has 8 aliphatic carbocycles. The minimum absolute atomic E-state index is 0.0239. The maximum atomic E-state index is 12.0. The molecule has 0 atom stereocenters. The van der Waals surface area contributed by atoms with E-state index >= 15 is 0 Å². The van der Waals surface area contributed by atoms with E-state index in [2.05, 4.69) is 10.3 Å². The van der Waals surface area contributed by atoms with Crippen LogP contribution in [0.1, 0.15) is 77.0 Å². The quantitative estimate of drug-likeness (QED) is 0.509. The van der Waals surface area contributed by atoms with Gasteiger partial charge in [-0.05, 0) is 118 Å². The first kappa shape index (κ1) is 19.0. The van der Waals surface area contributed by atoms with Crippen molar-refractivity contribution in [1.82, 2.24) is 30.0 Å². The third-order valence-electron chi connectivity index (χ3n) is 10.4. The van der Waals surface area contributed by atoms with E-state index < -0.39 is 0 Å². The lowest BCUT2D eigenvalue weighted by molar-refractivity contribution is -0.384. The number of aromatic nitrogens is 6. The highest BCUT2D eigenvalue weighted by atomic mass is 16.6. The zero-order valence-corrected chi connectivity index (χ0v) is 19.0. The van der Waals surface area contributed by atoms with Crippen molar-refractivity contribution in [1.29, 1.82) is 0 Å². The van der Waals surface area contributed by atoms with Crippen LogP contribution in [0, 0.1) is 45.6 Å². The molecule has 0 spiro atoms. The predicted molar refractivity (Wildman–Crippen MR) is 118 cm³/mol. The molecule has 0 N–H and O–H groups in total. The molecular formula is C24H31N7O2. The number of rotatable bonds is 4. The molecule has 2 heterocycles. The Labute approximate surface area is 192 Å². The fourth-order valence-corrected chi connectivity index (χ4v) is 10.1. The average Bonchev–Trinajstić information content (AvgIpc) is 3.40. The van der Waals surface area contributed by atoms with Gasteiger partial charge in [0.25, 0.3) is 0 Å². The summed E-state index contributed by atoms with van der Waals surface area (Å²) in [6, 6.07) is 0. The zero-order chi connectivity index (χ0) is 21.9. The minimum atomic E-state index is -0.315. The van der Waals surface area contributed by atoms with Gasteiger partial charge in [0.1, 0.15) is 6.20 Å². The summed E-state index contributed by atoms with van der Waals surface area (Å²) in [4.78, 5) is 13.6.